The molecular formula is C11H17NO2. The molecule has 0 aliphatic carbocycles. The van der Waals surface area contributed by atoms with Crippen LogP contribution in [0, 0.1) is 5.92 Å². The van der Waals surface area contributed by atoms with Crippen molar-refractivity contribution in [1.82, 2.24) is 4.90 Å². The van der Waals surface area contributed by atoms with Crippen LogP contribution in [0.25, 0.3) is 0 Å². The topological polar surface area (TPSA) is 37.4 Å². The third-order valence-corrected chi connectivity index (χ3v) is 2.94. The Hall–Kier alpha value is -0.960. The Morgan fingerprint density at radius 1 is 1.43 bits per heavy atom. The van der Waals surface area contributed by atoms with Crippen molar-refractivity contribution in [1.29, 1.82) is 0 Å². The van der Waals surface area contributed by atoms with Gasteiger partial charge in [0, 0.05) is 18.2 Å². The van der Waals surface area contributed by atoms with E-state index in [9.17, 15) is 9.59 Å². The summed E-state index contributed by atoms with van der Waals surface area (Å²) < 4.78 is 0. The second-order valence-electron chi connectivity index (χ2n) is 4.04. The van der Waals surface area contributed by atoms with Gasteiger partial charge in [0.2, 0.25) is 0 Å². The standard InChI is InChI=1S/C11H17NO2/c1-7-11(9(3)14)5-10(8(2)13)6-12(7)4/h5,7,11H,6H2,1-4H3. The number of Topliss-reactive ketones (excluding diaryl/α,β-unsaturated/α-hetero) is 2. The van der Waals surface area contributed by atoms with Gasteiger partial charge in [-0.05, 0) is 27.8 Å². The molecule has 0 aromatic rings. The number of carbonyl (C=O) groups is 2. The first-order valence-electron chi connectivity index (χ1n) is 4.85. The van der Waals surface area contributed by atoms with Gasteiger partial charge in [0.1, 0.15) is 5.78 Å². The number of ketones is 2. The van der Waals surface area contributed by atoms with E-state index in [0.717, 1.165) is 5.57 Å². The van der Waals surface area contributed by atoms with Crippen LogP contribution in [0.4, 0.5) is 0 Å². The molecule has 0 N–H and O–H groups in total. The maximum Gasteiger partial charge on any atom is 0.156 e. The van der Waals surface area contributed by atoms with E-state index < -0.39 is 0 Å². The average Bonchev–Trinajstić information content (AvgIpc) is 2.08. The van der Waals surface area contributed by atoms with Crippen molar-refractivity contribution in [2.24, 2.45) is 5.92 Å². The summed E-state index contributed by atoms with van der Waals surface area (Å²) in [5.41, 5.74) is 0.755. The zero-order chi connectivity index (χ0) is 10.9. The van der Waals surface area contributed by atoms with Crippen molar-refractivity contribution < 1.29 is 9.59 Å². The highest BCUT2D eigenvalue weighted by Gasteiger charge is 2.29. The summed E-state index contributed by atoms with van der Waals surface area (Å²) in [7, 11) is 1.94. The van der Waals surface area contributed by atoms with Crippen LogP contribution in [0.1, 0.15) is 20.8 Å². The first kappa shape index (κ1) is 11.1. The molecule has 1 heterocycles. The summed E-state index contributed by atoms with van der Waals surface area (Å²) in [5.74, 6) is 0.0606. The van der Waals surface area contributed by atoms with E-state index in [0.29, 0.717) is 6.54 Å². The van der Waals surface area contributed by atoms with E-state index in [1.807, 2.05) is 24.9 Å². The predicted molar refractivity (Wildman–Crippen MR) is 55.0 cm³/mol. The van der Waals surface area contributed by atoms with E-state index in [2.05, 4.69) is 0 Å². The molecule has 0 radical (unpaired) electrons. The summed E-state index contributed by atoms with van der Waals surface area (Å²) in [5, 5.41) is 0. The largest absolute Gasteiger partial charge is 0.299 e. The van der Waals surface area contributed by atoms with Crippen LogP contribution in [0.5, 0.6) is 0 Å². The van der Waals surface area contributed by atoms with Gasteiger partial charge in [0.05, 0.1) is 5.92 Å². The van der Waals surface area contributed by atoms with Crippen LogP contribution in [0.15, 0.2) is 11.6 Å². The van der Waals surface area contributed by atoms with Crippen LogP contribution in [0.2, 0.25) is 0 Å². The fourth-order valence-electron chi connectivity index (χ4n) is 1.78. The average molecular weight is 195 g/mol. The first-order chi connectivity index (χ1) is 6.43. The molecule has 0 spiro atoms. The van der Waals surface area contributed by atoms with E-state index in [4.69, 9.17) is 0 Å². The summed E-state index contributed by atoms with van der Waals surface area (Å²) in [6.07, 6.45) is 1.83. The number of hydrogen-bond acceptors (Lipinski definition) is 3. The lowest BCUT2D eigenvalue weighted by molar-refractivity contribution is -0.121. The number of nitrogens with zero attached hydrogens (tertiary/aromatic N) is 1. The lowest BCUT2D eigenvalue weighted by Gasteiger charge is -2.34. The Bertz CT molecular complexity index is 294. The second kappa shape index (κ2) is 4.05. The van der Waals surface area contributed by atoms with Crippen LogP contribution < -0.4 is 0 Å². The molecule has 0 saturated heterocycles. The van der Waals surface area contributed by atoms with Crippen molar-refractivity contribution >= 4 is 11.6 Å². The van der Waals surface area contributed by atoms with E-state index in [-0.39, 0.29) is 23.5 Å². The predicted octanol–water partition coefficient (Wildman–Crippen LogP) is 1.04. The van der Waals surface area contributed by atoms with Gasteiger partial charge in [-0.2, -0.15) is 0 Å². The van der Waals surface area contributed by atoms with Gasteiger partial charge in [-0.15, -0.1) is 0 Å². The van der Waals surface area contributed by atoms with Crippen LogP contribution in [-0.2, 0) is 9.59 Å². The highest BCUT2D eigenvalue weighted by atomic mass is 16.1. The highest BCUT2D eigenvalue weighted by Crippen LogP contribution is 2.21. The fourth-order valence-corrected chi connectivity index (χ4v) is 1.78. The van der Waals surface area contributed by atoms with Gasteiger partial charge >= 0.3 is 0 Å². The molecule has 78 valence electrons. The molecule has 1 rings (SSSR count). The molecule has 1 aliphatic heterocycles. The molecule has 0 amide bonds. The van der Waals surface area contributed by atoms with E-state index in [1.54, 1.807) is 13.8 Å². The Morgan fingerprint density at radius 3 is 2.43 bits per heavy atom. The zero-order valence-electron chi connectivity index (χ0n) is 9.20. The minimum absolute atomic E-state index is 0.0648. The maximum absolute atomic E-state index is 11.3. The molecule has 0 bridgehead atoms. The van der Waals surface area contributed by atoms with Gasteiger partial charge in [-0.1, -0.05) is 6.08 Å². The second-order valence-corrected chi connectivity index (χ2v) is 4.04. The number of likely N-dealkylation sites (N-methyl/N-ethyl adjacent to an activating group) is 1. The monoisotopic (exact) mass is 195 g/mol. The maximum atomic E-state index is 11.3. The summed E-state index contributed by atoms with van der Waals surface area (Å²) in [4.78, 5) is 24.6. The highest BCUT2D eigenvalue weighted by molar-refractivity contribution is 5.95. The van der Waals surface area contributed by atoms with Crippen molar-refractivity contribution in [2.75, 3.05) is 13.6 Å². The molecule has 14 heavy (non-hydrogen) atoms. The molecule has 0 fully saturated rings. The van der Waals surface area contributed by atoms with Gasteiger partial charge in [-0.25, -0.2) is 0 Å². The molecule has 0 saturated carbocycles. The lowest BCUT2D eigenvalue weighted by atomic mass is 9.88. The molecular weight excluding hydrogens is 178 g/mol. The molecule has 3 heteroatoms. The molecule has 0 aromatic heterocycles. The Kier molecular flexibility index (Phi) is 3.21. The Balaban J connectivity index is 2.97. The Labute approximate surface area is 84.8 Å². The van der Waals surface area contributed by atoms with Gasteiger partial charge < -0.3 is 0 Å². The molecule has 2 atom stereocenters. The number of hydrogen-bond donors (Lipinski definition) is 0. The van der Waals surface area contributed by atoms with Crippen LogP contribution in [0.3, 0.4) is 0 Å². The van der Waals surface area contributed by atoms with Crippen LogP contribution in [-0.4, -0.2) is 36.1 Å². The molecule has 0 aromatic carbocycles. The third kappa shape index (κ3) is 2.10. The van der Waals surface area contributed by atoms with Gasteiger partial charge in [0.25, 0.3) is 0 Å². The normalized spacial score (nSPS) is 28.4. The van der Waals surface area contributed by atoms with Gasteiger partial charge in [0.15, 0.2) is 5.78 Å². The lowest BCUT2D eigenvalue weighted by Crippen LogP contribution is -2.43. The van der Waals surface area contributed by atoms with Crippen molar-refractivity contribution in [2.45, 2.75) is 26.8 Å². The number of carbonyl (C=O) groups excluding carboxylic acids is 2. The molecule has 3 nitrogen and oxygen atoms in total. The first-order valence-corrected chi connectivity index (χ1v) is 4.85. The molecule has 1 aliphatic rings. The van der Waals surface area contributed by atoms with E-state index >= 15 is 0 Å². The van der Waals surface area contributed by atoms with Crippen LogP contribution >= 0.6 is 0 Å². The van der Waals surface area contributed by atoms with Crippen molar-refractivity contribution in [3.05, 3.63) is 11.6 Å². The zero-order valence-corrected chi connectivity index (χ0v) is 9.20. The quantitative estimate of drug-likeness (QED) is 0.660. The SMILES string of the molecule is CC(=O)C1=CC(C(C)=O)C(C)N(C)C1. The van der Waals surface area contributed by atoms with E-state index in [1.165, 1.54) is 0 Å². The Morgan fingerprint density at radius 2 is 2.00 bits per heavy atom. The minimum Gasteiger partial charge on any atom is -0.299 e. The van der Waals surface area contributed by atoms with Crippen molar-refractivity contribution in [3.63, 3.8) is 0 Å². The smallest absolute Gasteiger partial charge is 0.156 e. The molecule has 2 unspecified atom stereocenters. The summed E-state index contributed by atoms with van der Waals surface area (Å²) in [6, 6.07) is 0.190. The van der Waals surface area contributed by atoms with Gasteiger partial charge in [-0.3, -0.25) is 14.5 Å². The third-order valence-electron chi connectivity index (χ3n) is 2.94. The van der Waals surface area contributed by atoms with Crippen molar-refractivity contribution in [3.8, 4) is 0 Å². The minimum atomic E-state index is -0.132. The fraction of sp³-hybridized carbons (Fsp3) is 0.636. The summed E-state index contributed by atoms with van der Waals surface area (Å²) in [6.45, 7) is 5.79. The number of rotatable bonds is 2. The summed E-state index contributed by atoms with van der Waals surface area (Å²) >= 11 is 0.